The zero-order chi connectivity index (χ0) is 25.9. The van der Waals surface area contributed by atoms with Crippen molar-refractivity contribution in [3.05, 3.63) is 59.6 Å². The smallest absolute Gasteiger partial charge is 0.263 e. The number of carbonyl (C=O) groups is 1. The summed E-state index contributed by atoms with van der Waals surface area (Å²) in [4.78, 5) is 19.5. The van der Waals surface area contributed by atoms with Gasteiger partial charge in [0.25, 0.3) is 26.0 Å². The molecule has 2 aromatic carbocycles. The van der Waals surface area contributed by atoms with Crippen LogP contribution >= 0.6 is 23.1 Å². The van der Waals surface area contributed by atoms with Gasteiger partial charge in [-0.25, -0.2) is 21.8 Å². The summed E-state index contributed by atoms with van der Waals surface area (Å²) in [5, 5.41) is 1.88. The quantitative estimate of drug-likeness (QED) is 0.389. The highest BCUT2D eigenvalue weighted by atomic mass is 32.2. The molecule has 1 aliphatic heterocycles. The van der Waals surface area contributed by atoms with Crippen LogP contribution < -0.4 is 9.44 Å². The number of benzene rings is 2. The maximum absolute atomic E-state index is 13.2. The van der Waals surface area contributed by atoms with E-state index < -0.39 is 20.0 Å². The maximum atomic E-state index is 13.2. The molecule has 1 amide bonds. The molecule has 0 bridgehead atoms. The number of nitrogens with zero attached hydrogens (tertiary/aromatic N) is 2. The Kier molecular flexibility index (Phi) is 7.93. The summed E-state index contributed by atoms with van der Waals surface area (Å²) in [6, 6.07) is 9.84. The van der Waals surface area contributed by atoms with Crippen LogP contribution in [0.25, 0.3) is 0 Å². The largest absolute Gasteiger partial charge is 0.339 e. The summed E-state index contributed by atoms with van der Waals surface area (Å²) >= 11 is 2.53. The highest BCUT2D eigenvalue weighted by Gasteiger charge is 2.25. The summed E-state index contributed by atoms with van der Waals surface area (Å²) in [6.45, 7) is 3.46. The maximum Gasteiger partial charge on any atom is 0.263 e. The lowest BCUT2D eigenvalue weighted by Gasteiger charge is -2.30. The van der Waals surface area contributed by atoms with Crippen LogP contribution in [0.2, 0.25) is 0 Å². The van der Waals surface area contributed by atoms with Gasteiger partial charge in [0.05, 0.1) is 15.4 Å². The number of thiazole rings is 1. The molecule has 9 nitrogen and oxygen atoms in total. The van der Waals surface area contributed by atoms with Crippen LogP contribution in [0.4, 0.5) is 10.8 Å². The lowest BCUT2D eigenvalue weighted by Crippen LogP contribution is -2.38. The van der Waals surface area contributed by atoms with E-state index in [0.29, 0.717) is 29.5 Å². The van der Waals surface area contributed by atoms with Gasteiger partial charge in [-0.2, -0.15) is 0 Å². The number of hydrogen-bond donors (Lipinski definition) is 2. The average Bonchev–Trinajstić information content (AvgIpc) is 3.36. The van der Waals surface area contributed by atoms with E-state index in [9.17, 15) is 21.6 Å². The first-order chi connectivity index (χ1) is 17.1. The van der Waals surface area contributed by atoms with Crippen molar-refractivity contribution in [3.63, 3.8) is 0 Å². The molecule has 1 saturated heterocycles. The number of sulfonamides is 2. The van der Waals surface area contributed by atoms with Crippen LogP contribution in [0.1, 0.15) is 30.1 Å². The number of nitrogens with one attached hydrogen (secondary N) is 2. The second-order valence-electron chi connectivity index (χ2n) is 8.41. The van der Waals surface area contributed by atoms with Crippen LogP contribution in [-0.4, -0.2) is 52.0 Å². The number of carbonyl (C=O) groups excluding carboxylic acids is 1. The molecule has 0 atom stereocenters. The molecule has 0 radical (unpaired) electrons. The van der Waals surface area contributed by atoms with Gasteiger partial charge in [0.1, 0.15) is 0 Å². The van der Waals surface area contributed by atoms with Crippen molar-refractivity contribution in [2.24, 2.45) is 5.92 Å². The summed E-state index contributed by atoms with van der Waals surface area (Å²) < 4.78 is 56.1. The molecule has 192 valence electrons. The normalized spacial score (nSPS) is 15.0. The van der Waals surface area contributed by atoms with E-state index in [4.69, 9.17) is 0 Å². The van der Waals surface area contributed by atoms with Crippen LogP contribution in [0.3, 0.4) is 0 Å². The molecule has 0 aliphatic carbocycles. The van der Waals surface area contributed by atoms with Crippen LogP contribution in [0, 0.1) is 5.92 Å². The minimum Gasteiger partial charge on any atom is -0.339 e. The number of aromatic nitrogens is 1. The fraction of sp³-hybridized carbons (Fsp3) is 0.304. The van der Waals surface area contributed by atoms with Gasteiger partial charge >= 0.3 is 0 Å². The van der Waals surface area contributed by atoms with Gasteiger partial charge in [0.15, 0.2) is 5.13 Å². The van der Waals surface area contributed by atoms with Crippen molar-refractivity contribution in [2.75, 3.05) is 28.8 Å². The summed E-state index contributed by atoms with van der Waals surface area (Å²) in [5.74, 6) is 0.389. The molecule has 3 aromatic rings. The first-order valence-electron chi connectivity index (χ1n) is 11.1. The van der Waals surface area contributed by atoms with E-state index in [1.807, 2.05) is 6.26 Å². The van der Waals surface area contributed by atoms with Crippen molar-refractivity contribution in [3.8, 4) is 0 Å². The molecule has 1 aromatic heterocycles. The van der Waals surface area contributed by atoms with E-state index in [0.717, 1.165) is 24.2 Å². The fourth-order valence-corrected chi connectivity index (χ4v) is 7.21. The third-order valence-corrected chi connectivity index (χ3v) is 10.2. The molecule has 36 heavy (non-hydrogen) atoms. The minimum atomic E-state index is -4.03. The van der Waals surface area contributed by atoms with Crippen LogP contribution in [0.5, 0.6) is 0 Å². The monoisotopic (exact) mass is 566 g/mol. The van der Waals surface area contributed by atoms with Crippen LogP contribution in [0.15, 0.2) is 68.7 Å². The predicted molar refractivity (Wildman–Crippen MR) is 143 cm³/mol. The topological polar surface area (TPSA) is 126 Å². The fourth-order valence-electron chi connectivity index (χ4n) is 3.77. The number of piperidine rings is 1. The first kappa shape index (κ1) is 26.5. The Morgan fingerprint density at radius 1 is 1.00 bits per heavy atom. The zero-order valence-electron chi connectivity index (χ0n) is 19.7. The van der Waals surface area contributed by atoms with Gasteiger partial charge in [0.2, 0.25) is 0 Å². The second-order valence-corrected chi connectivity index (χ2v) is 13.5. The van der Waals surface area contributed by atoms with Crippen LogP contribution in [-0.2, 0) is 20.0 Å². The SMILES string of the molecule is CSc1ccc(S(=O)(=O)Nc2ccc(S(=O)(=O)Nc3nccs3)cc2)cc1C(=O)N1CCC(C)CC1. The Labute approximate surface area is 219 Å². The summed E-state index contributed by atoms with van der Waals surface area (Å²) in [7, 11) is -7.88. The van der Waals surface area contributed by atoms with Gasteiger partial charge in [-0.3, -0.25) is 14.2 Å². The van der Waals surface area contributed by atoms with Crippen molar-refractivity contribution in [1.29, 1.82) is 0 Å². The number of hydrogen-bond acceptors (Lipinski definition) is 8. The molecular weight excluding hydrogens is 541 g/mol. The minimum absolute atomic E-state index is 0.0336. The van der Waals surface area contributed by atoms with Crippen molar-refractivity contribution in [2.45, 2.75) is 34.5 Å². The molecule has 13 heteroatoms. The van der Waals surface area contributed by atoms with Gasteiger partial charge in [0, 0.05) is 35.2 Å². The van der Waals surface area contributed by atoms with Gasteiger partial charge in [-0.1, -0.05) is 6.92 Å². The Balaban J connectivity index is 1.53. The average molecular weight is 567 g/mol. The zero-order valence-corrected chi connectivity index (χ0v) is 22.9. The van der Waals surface area contributed by atoms with Crippen molar-refractivity contribution >= 4 is 59.9 Å². The molecule has 0 spiro atoms. The third kappa shape index (κ3) is 6.02. The standard InChI is InChI=1S/C23H26N4O5S4/c1-16-9-12-27(13-10-16)22(28)20-15-19(7-8-21(20)33-2)36(31,32)25-17-3-5-18(6-4-17)35(29,30)26-23-24-11-14-34-23/h3-8,11,14-16,25H,9-10,12-13H2,1-2H3,(H,24,26). The Morgan fingerprint density at radius 2 is 1.64 bits per heavy atom. The number of likely N-dealkylation sites (tertiary alicyclic amines) is 1. The molecule has 2 N–H and O–H groups in total. The highest BCUT2D eigenvalue weighted by molar-refractivity contribution is 7.98. The van der Waals surface area contributed by atoms with E-state index in [1.165, 1.54) is 54.4 Å². The molecule has 2 heterocycles. The first-order valence-corrected chi connectivity index (χ1v) is 16.2. The molecular formula is C23H26N4O5S4. The predicted octanol–water partition coefficient (Wildman–Crippen LogP) is 4.34. The van der Waals surface area contributed by atoms with E-state index in [2.05, 4.69) is 21.4 Å². The number of amides is 1. The molecule has 0 unspecified atom stereocenters. The lowest BCUT2D eigenvalue weighted by atomic mass is 9.98. The lowest BCUT2D eigenvalue weighted by molar-refractivity contribution is 0.0693. The number of anilines is 2. The molecule has 1 fully saturated rings. The van der Waals surface area contributed by atoms with E-state index in [-0.39, 0.29) is 26.5 Å². The molecule has 4 rings (SSSR count). The van der Waals surface area contributed by atoms with Gasteiger partial charge < -0.3 is 4.90 Å². The van der Waals surface area contributed by atoms with E-state index >= 15 is 0 Å². The van der Waals surface area contributed by atoms with Crippen molar-refractivity contribution in [1.82, 2.24) is 9.88 Å². The second kappa shape index (κ2) is 10.8. The number of thioether (sulfide) groups is 1. The number of rotatable bonds is 8. The summed E-state index contributed by atoms with van der Waals surface area (Å²) in [6.07, 6.45) is 5.17. The highest BCUT2D eigenvalue weighted by Crippen LogP contribution is 2.28. The Hall–Kier alpha value is -2.61. The van der Waals surface area contributed by atoms with E-state index in [1.54, 1.807) is 16.3 Å². The van der Waals surface area contributed by atoms with Gasteiger partial charge in [-0.15, -0.1) is 23.1 Å². The third-order valence-electron chi connectivity index (χ3n) is 5.85. The Morgan fingerprint density at radius 3 is 2.25 bits per heavy atom. The molecule has 0 saturated carbocycles. The van der Waals surface area contributed by atoms with Gasteiger partial charge in [-0.05, 0) is 67.5 Å². The van der Waals surface area contributed by atoms with Crippen molar-refractivity contribution < 1.29 is 21.6 Å². The Bertz CT molecular complexity index is 1430. The summed E-state index contributed by atoms with van der Waals surface area (Å²) in [5.41, 5.74) is 0.546. The molecule has 1 aliphatic rings.